The zero-order chi connectivity index (χ0) is 22.3. The maximum Gasteiger partial charge on any atom is 0.410 e. The van der Waals surface area contributed by atoms with Crippen molar-refractivity contribution in [1.82, 2.24) is 15.5 Å². The minimum Gasteiger partial charge on any atom is -0.444 e. The van der Waals surface area contributed by atoms with Gasteiger partial charge in [0, 0.05) is 45.3 Å². The fourth-order valence-electron chi connectivity index (χ4n) is 4.13. The van der Waals surface area contributed by atoms with Crippen LogP contribution >= 0.6 is 35.3 Å². The Morgan fingerprint density at radius 1 is 1.25 bits per heavy atom. The molecule has 7 nitrogen and oxygen atoms in total. The molecule has 0 aromatic carbocycles. The Bertz CT molecular complexity index is 714. The number of likely N-dealkylation sites (tertiary alicyclic amines) is 1. The van der Waals surface area contributed by atoms with Crippen LogP contribution in [0.4, 0.5) is 9.80 Å². The number of amides is 1. The van der Waals surface area contributed by atoms with E-state index in [9.17, 15) is 4.79 Å². The molecule has 1 aromatic rings. The van der Waals surface area contributed by atoms with Crippen molar-refractivity contribution in [1.29, 1.82) is 0 Å². The molecule has 0 aliphatic carbocycles. The van der Waals surface area contributed by atoms with E-state index in [-0.39, 0.29) is 30.1 Å². The number of hydrogen-bond donors (Lipinski definition) is 2. The molecule has 0 bridgehead atoms. The summed E-state index contributed by atoms with van der Waals surface area (Å²) in [6, 6.07) is 4.77. The molecule has 2 saturated heterocycles. The van der Waals surface area contributed by atoms with Crippen molar-refractivity contribution in [2.24, 2.45) is 10.9 Å². The number of guanidine groups is 1. The summed E-state index contributed by atoms with van der Waals surface area (Å²) in [5, 5.41) is 10.5. The first kappa shape index (κ1) is 27.0. The topological polar surface area (TPSA) is 69.2 Å². The van der Waals surface area contributed by atoms with Gasteiger partial charge in [-0.15, -0.1) is 35.3 Å². The summed E-state index contributed by atoms with van der Waals surface area (Å²) in [7, 11) is 0. The molecule has 2 fully saturated rings. The second-order valence-corrected chi connectivity index (χ2v) is 10.4. The molecule has 1 unspecified atom stereocenters. The molecule has 1 aromatic heterocycles. The van der Waals surface area contributed by atoms with Crippen LogP contribution in [0.5, 0.6) is 0 Å². The zero-order valence-corrected chi connectivity index (χ0v) is 23.1. The lowest BCUT2D eigenvalue weighted by atomic mass is 9.98. The van der Waals surface area contributed by atoms with E-state index in [0.29, 0.717) is 12.0 Å². The molecule has 1 atom stereocenters. The summed E-state index contributed by atoms with van der Waals surface area (Å²) >= 11 is 1.81. The minimum absolute atomic E-state index is 0. The second kappa shape index (κ2) is 12.9. The third kappa shape index (κ3) is 8.61. The van der Waals surface area contributed by atoms with Crippen LogP contribution in [0.3, 0.4) is 0 Å². The Hall–Kier alpha value is -1.23. The van der Waals surface area contributed by atoms with Crippen molar-refractivity contribution >= 4 is 52.4 Å². The summed E-state index contributed by atoms with van der Waals surface area (Å²) < 4.78 is 5.55. The Balaban J connectivity index is 0.00000363. The molecule has 2 aliphatic rings. The van der Waals surface area contributed by atoms with Gasteiger partial charge in [-0.3, -0.25) is 4.99 Å². The summed E-state index contributed by atoms with van der Waals surface area (Å²) in [6.45, 7) is 13.0. The number of halogens is 1. The highest BCUT2D eigenvalue weighted by atomic mass is 127. The van der Waals surface area contributed by atoms with Gasteiger partial charge in [-0.1, -0.05) is 0 Å². The average molecular weight is 578 g/mol. The van der Waals surface area contributed by atoms with Gasteiger partial charge < -0.3 is 25.2 Å². The highest BCUT2D eigenvalue weighted by Gasteiger charge is 2.28. The van der Waals surface area contributed by atoms with Crippen molar-refractivity contribution in [2.45, 2.75) is 65.0 Å². The molecule has 3 heterocycles. The van der Waals surface area contributed by atoms with E-state index < -0.39 is 5.60 Å². The predicted molar refractivity (Wildman–Crippen MR) is 145 cm³/mol. The number of thiophene rings is 1. The van der Waals surface area contributed by atoms with Gasteiger partial charge >= 0.3 is 6.09 Å². The Labute approximate surface area is 214 Å². The molecule has 0 radical (unpaired) electrons. The molecule has 2 N–H and O–H groups in total. The van der Waals surface area contributed by atoms with Crippen LogP contribution in [0.1, 0.15) is 53.4 Å². The van der Waals surface area contributed by atoms with Gasteiger partial charge in [0.1, 0.15) is 5.60 Å². The van der Waals surface area contributed by atoms with E-state index in [1.807, 2.05) is 37.0 Å². The van der Waals surface area contributed by atoms with E-state index in [1.54, 1.807) is 0 Å². The molecule has 182 valence electrons. The van der Waals surface area contributed by atoms with Gasteiger partial charge in [0.05, 0.1) is 5.00 Å². The van der Waals surface area contributed by atoms with Gasteiger partial charge in [0.15, 0.2) is 5.96 Å². The molecule has 3 rings (SSSR count). The molecule has 0 spiro atoms. The minimum atomic E-state index is -0.455. The third-order valence-corrected chi connectivity index (χ3v) is 6.61. The molecule has 1 amide bonds. The normalized spacial score (nSPS) is 20.5. The van der Waals surface area contributed by atoms with Crippen LogP contribution in [0.25, 0.3) is 0 Å². The quantitative estimate of drug-likeness (QED) is 0.306. The lowest BCUT2D eigenvalue weighted by Crippen LogP contribution is -2.49. The third-order valence-electron chi connectivity index (χ3n) is 5.68. The summed E-state index contributed by atoms with van der Waals surface area (Å²) in [5.41, 5.74) is -0.455. The van der Waals surface area contributed by atoms with Gasteiger partial charge in [0.25, 0.3) is 0 Å². The number of carbonyl (C=O) groups is 1. The molecule has 2 aliphatic heterocycles. The van der Waals surface area contributed by atoms with Crippen molar-refractivity contribution < 1.29 is 9.53 Å². The smallest absolute Gasteiger partial charge is 0.410 e. The Kier molecular flexibility index (Phi) is 10.9. The van der Waals surface area contributed by atoms with Crippen molar-refractivity contribution in [3.05, 3.63) is 17.5 Å². The fourth-order valence-corrected chi connectivity index (χ4v) is 4.92. The molecular weight excluding hydrogens is 537 g/mol. The largest absolute Gasteiger partial charge is 0.444 e. The number of nitrogens with one attached hydrogen (secondary N) is 2. The number of ether oxygens (including phenoxy) is 1. The number of rotatable bonds is 5. The van der Waals surface area contributed by atoms with Gasteiger partial charge in [-0.25, -0.2) is 4.79 Å². The lowest BCUT2D eigenvalue weighted by Gasteiger charge is -2.34. The van der Waals surface area contributed by atoms with E-state index in [0.717, 1.165) is 70.9 Å². The van der Waals surface area contributed by atoms with Crippen LogP contribution in [-0.4, -0.2) is 67.9 Å². The first-order chi connectivity index (χ1) is 14.8. The van der Waals surface area contributed by atoms with Crippen LogP contribution in [0, 0.1) is 5.92 Å². The van der Waals surface area contributed by atoms with Crippen molar-refractivity contribution in [3.8, 4) is 0 Å². The van der Waals surface area contributed by atoms with Crippen molar-refractivity contribution in [2.75, 3.05) is 44.2 Å². The van der Waals surface area contributed by atoms with Gasteiger partial charge in [0.2, 0.25) is 0 Å². The van der Waals surface area contributed by atoms with Crippen LogP contribution in [0.2, 0.25) is 0 Å². The SMILES string of the molecule is CCNC(=NCC1CCCN(C(=O)OC(C)(C)C)C1)NC1CCN(c2cccs2)CC1.I. The van der Waals surface area contributed by atoms with E-state index in [1.165, 1.54) is 5.00 Å². The maximum absolute atomic E-state index is 12.4. The summed E-state index contributed by atoms with van der Waals surface area (Å²) in [5.74, 6) is 1.27. The summed E-state index contributed by atoms with van der Waals surface area (Å²) in [6.07, 6.45) is 4.12. The van der Waals surface area contributed by atoms with Crippen LogP contribution in [-0.2, 0) is 4.74 Å². The Morgan fingerprint density at radius 2 is 2.00 bits per heavy atom. The molecule has 9 heteroatoms. The van der Waals surface area contributed by atoms with Crippen LogP contribution < -0.4 is 15.5 Å². The van der Waals surface area contributed by atoms with E-state index in [4.69, 9.17) is 9.73 Å². The highest BCUT2D eigenvalue weighted by Crippen LogP contribution is 2.25. The Morgan fingerprint density at radius 3 is 2.62 bits per heavy atom. The van der Waals surface area contributed by atoms with Gasteiger partial charge in [-0.05, 0) is 76.8 Å². The highest BCUT2D eigenvalue weighted by molar-refractivity contribution is 14.0. The second-order valence-electron chi connectivity index (χ2n) is 9.51. The average Bonchev–Trinajstić information content (AvgIpc) is 3.27. The molecule has 0 saturated carbocycles. The number of nitrogens with zero attached hydrogens (tertiary/aromatic N) is 3. The zero-order valence-electron chi connectivity index (χ0n) is 19.9. The number of carbonyl (C=O) groups excluding carboxylic acids is 1. The van der Waals surface area contributed by atoms with E-state index >= 15 is 0 Å². The standard InChI is InChI=1S/C23H39N5O2S.HI/c1-5-24-21(26-19-10-13-27(14-11-19)20-9-7-15-31-20)25-16-18-8-6-12-28(17-18)22(29)30-23(2,3)4;/h7,9,15,18-19H,5-6,8,10-14,16-17H2,1-4H3,(H2,24,25,26);1H. The first-order valence-corrected chi connectivity index (χ1v) is 12.5. The number of anilines is 1. The predicted octanol–water partition coefficient (Wildman–Crippen LogP) is 4.54. The lowest BCUT2D eigenvalue weighted by molar-refractivity contribution is 0.0170. The van der Waals surface area contributed by atoms with E-state index in [2.05, 4.69) is 40.0 Å². The monoisotopic (exact) mass is 577 g/mol. The fraction of sp³-hybridized carbons (Fsp3) is 0.739. The van der Waals surface area contributed by atoms with Gasteiger partial charge in [-0.2, -0.15) is 0 Å². The number of hydrogen-bond acceptors (Lipinski definition) is 5. The first-order valence-electron chi connectivity index (χ1n) is 11.7. The molecule has 32 heavy (non-hydrogen) atoms. The maximum atomic E-state index is 12.4. The molecular formula is C23H40IN5O2S. The van der Waals surface area contributed by atoms with Crippen LogP contribution in [0.15, 0.2) is 22.5 Å². The van der Waals surface area contributed by atoms with Crippen molar-refractivity contribution in [3.63, 3.8) is 0 Å². The summed E-state index contributed by atoms with van der Waals surface area (Å²) in [4.78, 5) is 21.6. The number of aliphatic imine (C=N–C) groups is 1. The number of piperidine rings is 2.